The number of amides is 2. The van der Waals surface area contributed by atoms with Gasteiger partial charge in [-0.1, -0.05) is 67.1 Å². The summed E-state index contributed by atoms with van der Waals surface area (Å²) in [5.74, 6) is -2.75. The lowest BCUT2D eigenvalue weighted by molar-refractivity contribution is -0.145. The lowest BCUT2D eigenvalue weighted by atomic mass is 9.96. The van der Waals surface area contributed by atoms with Gasteiger partial charge in [-0.05, 0) is 43.4 Å². The van der Waals surface area contributed by atoms with E-state index in [1.807, 2.05) is 23.8 Å². The molecule has 2 amide bonds. The average Bonchev–Trinajstić information content (AvgIpc) is 3.57. The van der Waals surface area contributed by atoms with Crippen LogP contribution >= 0.6 is 11.3 Å². The molecule has 2 atom stereocenters. The molecule has 1 fully saturated rings. The minimum atomic E-state index is -4.17. The number of hydrogen-bond donors (Lipinski definition) is 2. The quantitative estimate of drug-likeness (QED) is 0.385. The van der Waals surface area contributed by atoms with Crippen molar-refractivity contribution in [3.05, 3.63) is 63.9 Å². The van der Waals surface area contributed by atoms with Crippen LogP contribution in [-0.4, -0.2) is 47.9 Å². The molecular weight excluding hydrogens is 556 g/mol. The summed E-state index contributed by atoms with van der Waals surface area (Å²) in [7, 11) is -4.17. The Morgan fingerprint density at radius 3 is 2.48 bits per heavy atom. The lowest BCUT2D eigenvalue weighted by Gasteiger charge is -2.12. The van der Waals surface area contributed by atoms with Crippen LogP contribution in [0.1, 0.15) is 43.7 Å². The Balaban J connectivity index is 1.59. The van der Waals surface area contributed by atoms with Crippen LogP contribution in [0.15, 0.2) is 58.4 Å². The molecule has 0 saturated heterocycles. The largest absolute Gasteiger partial charge is 0.481 e. The van der Waals surface area contributed by atoms with Gasteiger partial charge in [-0.15, -0.1) is 0 Å². The number of ether oxygens (including phenoxy) is 1. The molecule has 40 heavy (non-hydrogen) atoms. The number of sulfonamides is 1. The predicted octanol–water partition coefficient (Wildman–Crippen LogP) is 3.59. The van der Waals surface area contributed by atoms with Crippen LogP contribution in [0.5, 0.6) is 0 Å². The molecule has 2 unspecified atom stereocenters. The minimum Gasteiger partial charge on any atom is -0.481 e. The fourth-order valence-electron chi connectivity index (χ4n) is 4.64. The van der Waals surface area contributed by atoms with Gasteiger partial charge in [-0.3, -0.25) is 9.59 Å². The second kappa shape index (κ2) is 12.6. The van der Waals surface area contributed by atoms with E-state index in [-0.39, 0.29) is 11.5 Å². The molecule has 0 bridgehead atoms. The van der Waals surface area contributed by atoms with Crippen molar-refractivity contribution in [2.24, 2.45) is 16.8 Å². The number of benzene rings is 2. The third kappa shape index (κ3) is 6.65. The molecule has 13 heteroatoms. The Hall–Kier alpha value is -3.84. The zero-order valence-electron chi connectivity index (χ0n) is 22.1. The monoisotopic (exact) mass is 586 g/mol. The van der Waals surface area contributed by atoms with Gasteiger partial charge in [-0.25, -0.2) is 22.6 Å². The van der Waals surface area contributed by atoms with E-state index < -0.39 is 39.8 Å². The van der Waals surface area contributed by atoms with Gasteiger partial charge in [0.05, 0.1) is 29.9 Å². The van der Waals surface area contributed by atoms with Crippen LogP contribution in [-0.2, 0) is 37.3 Å². The fourth-order valence-corrected chi connectivity index (χ4v) is 6.60. The van der Waals surface area contributed by atoms with E-state index in [4.69, 9.17) is 4.74 Å². The van der Waals surface area contributed by atoms with E-state index in [0.717, 1.165) is 10.6 Å². The maximum absolute atomic E-state index is 12.9. The third-order valence-electron chi connectivity index (χ3n) is 6.59. The zero-order valence-corrected chi connectivity index (χ0v) is 23.7. The van der Waals surface area contributed by atoms with E-state index in [2.05, 4.69) is 10.1 Å². The van der Waals surface area contributed by atoms with Crippen molar-refractivity contribution >= 4 is 39.3 Å². The van der Waals surface area contributed by atoms with Gasteiger partial charge in [0.15, 0.2) is 0 Å². The molecule has 4 rings (SSSR count). The number of carbonyl (C=O) groups excluding carboxylic acids is 2. The summed E-state index contributed by atoms with van der Waals surface area (Å²) in [6.45, 7) is 3.87. The summed E-state index contributed by atoms with van der Waals surface area (Å²) in [6.07, 6.45) is 1.26. The first kappa shape index (κ1) is 29.2. The van der Waals surface area contributed by atoms with Crippen molar-refractivity contribution in [1.29, 1.82) is 0 Å². The van der Waals surface area contributed by atoms with Crippen molar-refractivity contribution in [3.63, 3.8) is 0 Å². The molecule has 1 saturated carbocycles. The molecule has 0 radical (unpaired) electrons. The first-order valence-corrected chi connectivity index (χ1v) is 15.2. The summed E-state index contributed by atoms with van der Waals surface area (Å²) in [5.41, 5.74) is 1.86. The van der Waals surface area contributed by atoms with Crippen molar-refractivity contribution in [2.75, 3.05) is 6.61 Å². The summed E-state index contributed by atoms with van der Waals surface area (Å²) in [4.78, 5) is 40.8. The molecule has 1 heterocycles. The first-order chi connectivity index (χ1) is 19.1. The summed E-state index contributed by atoms with van der Waals surface area (Å²) in [5, 5.41) is 14.8. The normalized spacial score (nSPS) is 17.5. The van der Waals surface area contributed by atoms with Crippen molar-refractivity contribution in [2.45, 2.75) is 51.0 Å². The SMILES string of the molecule is CCOC(=O)NS(=O)(=O)c1ccccc1-c1ccc(Cn2nc(CC)sc2=NC(=O)C2CCCC2C(=O)O)cc1. The van der Waals surface area contributed by atoms with Gasteiger partial charge in [0, 0.05) is 5.56 Å². The average molecular weight is 587 g/mol. The Labute approximate surface area is 235 Å². The standard InChI is InChI=1S/C27H30N4O7S2/c1-3-23-29-31(26(39-23)28-24(32)20-9-7-10-21(20)25(33)34)16-17-12-14-18(15-13-17)19-8-5-6-11-22(19)40(36,37)30-27(35)38-4-2/h5-6,8,11-15,20-21H,3-4,7,9-10,16H2,1-2H3,(H,30,35)(H,33,34). The molecule has 2 aromatic carbocycles. The molecule has 0 spiro atoms. The summed E-state index contributed by atoms with van der Waals surface area (Å²) < 4.78 is 33.9. The third-order valence-corrected chi connectivity index (χ3v) is 9.05. The van der Waals surface area contributed by atoms with E-state index in [1.165, 1.54) is 17.4 Å². The van der Waals surface area contributed by atoms with Gasteiger partial charge in [-0.2, -0.15) is 10.1 Å². The Kier molecular flexibility index (Phi) is 9.15. The highest BCUT2D eigenvalue weighted by atomic mass is 32.2. The molecule has 0 aliphatic heterocycles. The molecule has 11 nitrogen and oxygen atoms in total. The number of hydrogen-bond acceptors (Lipinski definition) is 8. The van der Waals surface area contributed by atoms with Gasteiger partial charge >= 0.3 is 12.1 Å². The Morgan fingerprint density at radius 1 is 1.10 bits per heavy atom. The van der Waals surface area contributed by atoms with Crippen LogP contribution in [0.4, 0.5) is 4.79 Å². The van der Waals surface area contributed by atoms with Gasteiger partial charge in [0.2, 0.25) is 4.80 Å². The maximum Gasteiger partial charge on any atom is 0.421 e. The van der Waals surface area contributed by atoms with Crippen LogP contribution in [0.3, 0.4) is 0 Å². The molecule has 2 N–H and O–H groups in total. The fraction of sp³-hybridized carbons (Fsp3) is 0.370. The van der Waals surface area contributed by atoms with Crippen LogP contribution in [0.25, 0.3) is 11.1 Å². The highest BCUT2D eigenvalue weighted by Crippen LogP contribution is 2.33. The van der Waals surface area contributed by atoms with Crippen LogP contribution in [0.2, 0.25) is 0 Å². The molecule has 3 aromatic rings. The number of nitrogens with zero attached hydrogens (tertiary/aromatic N) is 3. The number of carboxylic acid groups (broad SMARTS) is 1. The first-order valence-electron chi connectivity index (χ1n) is 12.9. The van der Waals surface area contributed by atoms with Gasteiger partial charge in [0.1, 0.15) is 5.01 Å². The number of rotatable bonds is 9. The van der Waals surface area contributed by atoms with Crippen molar-refractivity contribution in [1.82, 2.24) is 14.5 Å². The molecular formula is C27H30N4O7S2. The number of carboxylic acids is 1. The second-order valence-electron chi connectivity index (χ2n) is 9.24. The van der Waals surface area contributed by atoms with Gasteiger partial charge < -0.3 is 9.84 Å². The molecule has 1 aliphatic rings. The summed E-state index contributed by atoms with van der Waals surface area (Å²) >= 11 is 1.29. The highest BCUT2D eigenvalue weighted by molar-refractivity contribution is 7.90. The molecule has 1 aliphatic carbocycles. The van der Waals surface area contributed by atoms with Crippen LogP contribution < -0.4 is 9.52 Å². The van der Waals surface area contributed by atoms with Crippen molar-refractivity contribution in [3.8, 4) is 11.1 Å². The number of aryl methyl sites for hydroxylation is 1. The number of nitrogens with one attached hydrogen (secondary N) is 1. The smallest absolute Gasteiger partial charge is 0.421 e. The number of aliphatic carboxylic acids is 1. The lowest BCUT2D eigenvalue weighted by Crippen LogP contribution is -2.31. The van der Waals surface area contributed by atoms with Crippen LogP contribution in [0, 0.1) is 11.8 Å². The maximum atomic E-state index is 12.9. The van der Waals surface area contributed by atoms with E-state index in [1.54, 1.807) is 41.9 Å². The van der Waals surface area contributed by atoms with E-state index in [0.29, 0.717) is 48.2 Å². The molecule has 212 valence electrons. The highest BCUT2D eigenvalue weighted by Gasteiger charge is 2.37. The number of aromatic nitrogens is 2. The predicted molar refractivity (Wildman–Crippen MR) is 147 cm³/mol. The number of carbonyl (C=O) groups is 3. The zero-order chi connectivity index (χ0) is 28.9. The summed E-state index contributed by atoms with van der Waals surface area (Å²) in [6, 6.07) is 13.5. The van der Waals surface area contributed by atoms with E-state index >= 15 is 0 Å². The topological polar surface area (TPSA) is 157 Å². The molecule has 1 aromatic heterocycles. The van der Waals surface area contributed by atoms with E-state index in [9.17, 15) is 27.9 Å². The Bertz CT molecular complexity index is 1580. The van der Waals surface area contributed by atoms with Gasteiger partial charge in [0.25, 0.3) is 15.9 Å². The minimum absolute atomic E-state index is 0.0355. The van der Waals surface area contributed by atoms with Crippen molar-refractivity contribution < 1.29 is 32.6 Å². The Morgan fingerprint density at radius 2 is 1.80 bits per heavy atom. The second-order valence-corrected chi connectivity index (χ2v) is 11.9.